The number of hydrogen-bond donors (Lipinski definition) is 1. The van der Waals surface area contributed by atoms with E-state index < -0.39 is 0 Å². The van der Waals surface area contributed by atoms with Crippen LogP contribution in [0.4, 0.5) is 11.4 Å². The number of hydrogen-bond acceptors (Lipinski definition) is 3. The van der Waals surface area contributed by atoms with E-state index in [1.54, 1.807) is 12.4 Å². The third-order valence-electron chi connectivity index (χ3n) is 2.74. The summed E-state index contributed by atoms with van der Waals surface area (Å²) in [7, 11) is 0. The van der Waals surface area contributed by atoms with Crippen molar-refractivity contribution >= 4 is 17.3 Å². The molecule has 1 aliphatic rings. The first-order valence-electron chi connectivity index (χ1n) is 5.50. The minimum atomic E-state index is 0.00238. The van der Waals surface area contributed by atoms with E-state index >= 15 is 0 Å². The van der Waals surface area contributed by atoms with Crippen LogP contribution < -0.4 is 10.2 Å². The number of anilines is 2. The molecule has 4 nitrogen and oxygen atoms in total. The topological polar surface area (TPSA) is 45.2 Å². The lowest BCUT2D eigenvalue weighted by atomic mass is 10.0. The molecular weight excluding hydrogens is 202 g/mol. The van der Waals surface area contributed by atoms with Gasteiger partial charge in [0.2, 0.25) is 5.91 Å². The van der Waals surface area contributed by atoms with Gasteiger partial charge in [0.15, 0.2) is 0 Å². The fraction of sp³-hybridized carbons (Fsp3) is 0.500. The molecule has 0 unspecified atom stereocenters. The highest BCUT2D eigenvalue weighted by Gasteiger charge is 2.27. The summed E-state index contributed by atoms with van der Waals surface area (Å²) in [6.45, 7) is 7.18. The fourth-order valence-corrected chi connectivity index (χ4v) is 1.96. The summed E-state index contributed by atoms with van der Waals surface area (Å²) in [6.07, 6.45) is 3.98. The molecule has 0 saturated heterocycles. The molecule has 0 spiro atoms. The maximum atomic E-state index is 11.6. The average molecular weight is 219 g/mol. The standard InChI is InChI=1S/C12H17N3O/c1-12(2,3)15-7-5-11(16)14-9-8-13-6-4-10(9)15/h4,6,8H,5,7H2,1-3H3,(H,14,16). The van der Waals surface area contributed by atoms with E-state index in [-0.39, 0.29) is 11.4 Å². The van der Waals surface area contributed by atoms with Crippen molar-refractivity contribution in [1.29, 1.82) is 0 Å². The summed E-state index contributed by atoms with van der Waals surface area (Å²) < 4.78 is 0. The van der Waals surface area contributed by atoms with E-state index in [0.29, 0.717) is 6.42 Å². The molecule has 0 aliphatic carbocycles. The number of carbonyl (C=O) groups excluding carboxylic acids is 1. The Morgan fingerprint density at radius 2 is 2.19 bits per heavy atom. The van der Waals surface area contributed by atoms with Crippen LogP contribution in [0.2, 0.25) is 0 Å². The Hall–Kier alpha value is -1.58. The van der Waals surface area contributed by atoms with Crippen molar-refractivity contribution in [3.05, 3.63) is 18.5 Å². The molecule has 4 heteroatoms. The van der Waals surface area contributed by atoms with E-state index in [4.69, 9.17) is 0 Å². The number of rotatable bonds is 0. The predicted octanol–water partition coefficient (Wildman–Crippen LogP) is 2.03. The van der Waals surface area contributed by atoms with Gasteiger partial charge < -0.3 is 10.2 Å². The van der Waals surface area contributed by atoms with E-state index in [1.807, 2.05) is 6.07 Å². The second-order valence-electron chi connectivity index (χ2n) is 5.01. The second-order valence-corrected chi connectivity index (χ2v) is 5.01. The third-order valence-corrected chi connectivity index (χ3v) is 2.74. The highest BCUT2D eigenvalue weighted by molar-refractivity contribution is 5.96. The second kappa shape index (κ2) is 3.77. The van der Waals surface area contributed by atoms with Crippen molar-refractivity contribution in [2.75, 3.05) is 16.8 Å². The fourth-order valence-electron chi connectivity index (χ4n) is 1.96. The normalized spacial score (nSPS) is 16.4. The maximum absolute atomic E-state index is 11.6. The lowest BCUT2D eigenvalue weighted by Gasteiger charge is -2.37. The zero-order chi connectivity index (χ0) is 11.8. The molecule has 0 saturated carbocycles. The van der Waals surface area contributed by atoms with Crippen molar-refractivity contribution in [2.45, 2.75) is 32.7 Å². The number of pyridine rings is 1. The van der Waals surface area contributed by atoms with Crippen LogP contribution in [0.1, 0.15) is 27.2 Å². The van der Waals surface area contributed by atoms with Crippen LogP contribution >= 0.6 is 0 Å². The number of nitrogens with one attached hydrogen (secondary N) is 1. The molecule has 86 valence electrons. The van der Waals surface area contributed by atoms with Crippen molar-refractivity contribution in [3.8, 4) is 0 Å². The molecule has 0 radical (unpaired) electrons. The SMILES string of the molecule is CC(C)(C)N1CCC(=O)Nc2cnccc21. The Bertz CT molecular complexity index is 409. The molecule has 0 aromatic carbocycles. The minimum Gasteiger partial charge on any atom is -0.364 e. The molecule has 16 heavy (non-hydrogen) atoms. The van der Waals surface area contributed by atoms with Gasteiger partial charge in [0.25, 0.3) is 0 Å². The summed E-state index contributed by atoms with van der Waals surface area (Å²) >= 11 is 0. The van der Waals surface area contributed by atoms with E-state index in [9.17, 15) is 4.79 Å². The number of nitrogens with zero attached hydrogens (tertiary/aromatic N) is 2. The van der Waals surface area contributed by atoms with Gasteiger partial charge in [0, 0.05) is 24.7 Å². The van der Waals surface area contributed by atoms with E-state index in [0.717, 1.165) is 17.9 Å². The van der Waals surface area contributed by atoms with Crippen LogP contribution in [0, 0.1) is 0 Å². The molecule has 1 N–H and O–H groups in total. The smallest absolute Gasteiger partial charge is 0.226 e. The highest BCUT2D eigenvalue weighted by Crippen LogP contribution is 2.32. The predicted molar refractivity (Wildman–Crippen MR) is 64.6 cm³/mol. The van der Waals surface area contributed by atoms with Crippen LogP contribution in [-0.2, 0) is 4.79 Å². The van der Waals surface area contributed by atoms with Gasteiger partial charge in [0.1, 0.15) is 0 Å². The number of amides is 1. The first-order chi connectivity index (χ1) is 7.48. The lowest BCUT2D eigenvalue weighted by molar-refractivity contribution is -0.116. The number of aromatic nitrogens is 1. The van der Waals surface area contributed by atoms with E-state index in [1.165, 1.54) is 0 Å². The third kappa shape index (κ3) is 2.01. The van der Waals surface area contributed by atoms with Crippen LogP contribution in [0.25, 0.3) is 0 Å². The Labute approximate surface area is 95.7 Å². The molecule has 0 atom stereocenters. The van der Waals surface area contributed by atoms with E-state index in [2.05, 4.69) is 36.0 Å². The van der Waals surface area contributed by atoms with Crippen molar-refractivity contribution in [3.63, 3.8) is 0 Å². The largest absolute Gasteiger partial charge is 0.364 e. The molecule has 0 bridgehead atoms. The average Bonchev–Trinajstić information content (AvgIpc) is 2.34. The number of carbonyl (C=O) groups is 1. The molecule has 1 aromatic heterocycles. The van der Waals surface area contributed by atoms with Crippen molar-refractivity contribution in [2.24, 2.45) is 0 Å². The van der Waals surface area contributed by atoms with Crippen LogP contribution in [0.3, 0.4) is 0 Å². The Morgan fingerprint density at radius 1 is 1.44 bits per heavy atom. The van der Waals surface area contributed by atoms with Gasteiger partial charge in [0.05, 0.1) is 17.6 Å². The molecule has 1 aromatic rings. The summed E-state index contributed by atoms with van der Waals surface area (Å²) in [4.78, 5) is 17.8. The Balaban J connectivity index is 2.46. The zero-order valence-electron chi connectivity index (χ0n) is 9.95. The molecular formula is C12H17N3O. The first kappa shape index (κ1) is 10.9. The van der Waals surface area contributed by atoms with Crippen LogP contribution in [0.5, 0.6) is 0 Å². The molecule has 2 heterocycles. The minimum absolute atomic E-state index is 0.00238. The summed E-state index contributed by atoms with van der Waals surface area (Å²) in [5.41, 5.74) is 1.86. The quantitative estimate of drug-likeness (QED) is 0.726. The summed E-state index contributed by atoms with van der Waals surface area (Å²) in [5, 5.41) is 2.88. The maximum Gasteiger partial charge on any atom is 0.226 e. The molecule has 0 fully saturated rings. The van der Waals surface area contributed by atoms with Gasteiger partial charge in [-0.25, -0.2) is 0 Å². The first-order valence-corrected chi connectivity index (χ1v) is 5.50. The molecule has 1 amide bonds. The summed E-state index contributed by atoms with van der Waals surface area (Å²) in [5.74, 6) is 0.0565. The van der Waals surface area contributed by atoms with Crippen LogP contribution in [-0.4, -0.2) is 23.0 Å². The van der Waals surface area contributed by atoms with Gasteiger partial charge in [-0.15, -0.1) is 0 Å². The van der Waals surface area contributed by atoms with Crippen molar-refractivity contribution in [1.82, 2.24) is 4.98 Å². The summed E-state index contributed by atoms with van der Waals surface area (Å²) in [6, 6.07) is 1.95. The number of fused-ring (bicyclic) bond motifs is 1. The van der Waals surface area contributed by atoms with Gasteiger partial charge in [-0.2, -0.15) is 0 Å². The van der Waals surface area contributed by atoms with Gasteiger partial charge in [-0.05, 0) is 26.8 Å². The zero-order valence-corrected chi connectivity index (χ0v) is 9.95. The lowest BCUT2D eigenvalue weighted by Crippen LogP contribution is -2.42. The van der Waals surface area contributed by atoms with Gasteiger partial charge >= 0.3 is 0 Å². The van der Waals surface area contributed by atoms with Crippen LogP contribution in [0.15, 0.2) is 18.5 Å². The highest BCUT2D eigenvalue weighted by atomic mass is 16.1. The Morgan fingerprint density at radius 3 is 2.88 bits per heavy atom. The Kier molecular flexibility index (Phi) is 2.58. The molecule has 1 aliphatic heterocycles. The van der Waals surface area contributed by atoms with Gasteiger partial charge in [-0.3, -0.25) is 9.78 Å². The molecule has 2 rings (SSSR count). The monoisotopic (exact) mass is 219 g/mol. The van der Waals surface area contributed by atoms with Gasteiger partial charge in [-0.1, -0.05) is 0 Å². The van der Waals surface area contributed by atoms with Crippen molar-refractivity contribution < 1.29 is 4.79 Å².